The van der Waals surface area contributed by atoms with Crippen LogP contribution < -0.4 is 11.1 Å². The first-order valence-electron chi connectivity index (χ1n) is 4.85. The van der Waals surface area contributed by atoms with Gasteiger partial charge in [0, 0.05) is 18.5 Å². The predicted octanol–water partition coefficient (Wildman–Crippen LogP) is 1.20. The third-order valence-electron chi connectivity index (χ3n) is 2.12. The molecule has 1 aliphatic rings. The van der Waals surface area contributed by atoms with Crippen molar-refractivity contribution < 1.29 is 8.78 Å². The van der Waals surface area contributed by atoms with Gasteiger partial charge >= 0.3 is 0 Å². The molecule has 3 N–H and O–H groups in total. The number of nitrogens with one attached hydrogen (secondary N) is 1. The summed E-state index contributed by atoms with van der Waals surface area (Å²) in [6.07, 6.45) is -1.75. The number of guanidine groups is 1. The maximum absolute atomic E-state index is 12.1. The van der Waals surface area contributed by atoms with Crippen LogP contribution in [0.25, 0.3) is 0 Å². The Labute approximate surface area is 82.8 Å². The SMILES string of the molecule is CC(C)CN=C(N)N[C@H]1C[C@@H]1C(F)F. The topological polar surface area (TPSA) is 50.4 Å². The van der Waals surface area contributed by atoms with Crippen LogP contribution in [0.1, 0.15) is 20.3 Å². The van der Waals surface area contributed by atoms with Crippen molar-refractivity contribution in [1.82, 2.24) is 5.32 Å². The molecule has 3 nitrogen and oxygen atoms in total. The average molecular weight is 205 g/mol. The van der Waals surface area contributed by atoms with Gasteiger partial charge < -0.3 is 11.1 Å². The van der Waals surface area contributed by atoms with Gasteiger partial charge in [-0.1, -0.05) is 13.8 Å². The van der Waals surface area contributed by atoms with Gasteiger partial charge in [0.15, 0.2) is 5.96 Å². The first-order chi connectivity index (χ1) is 6.50. The highest BCUT2D eigenvalue weighted by Crippen LogP contribution is 2.35. The summed E-state index contributed by atoms with van der Waals surface area (Å²) in [5.74, 6) is 0.176. The zero-order chi connectivity index (χ0) is 10.7. The summed E-state index contributed by atoms with van der Waals surface area (Å²) >= 11 is 0. The van der Waals surface area contributed by atoms with Crippen LogP contribution in [-0.2, 0) is 0 Å². The van der Waals surface area contributed by atoms with Crippen LogP contribution in [0.2, 0.25) is 0 Å². The number of alkyl halides is 2. The summed E-state index contributed by atoms with van der Waals surface area (Å²) in [5.41, 5.74) is 5.52. The van der Waals surface area contributed by atoms with E-state index < -0.39 is 12.3 Å². The standard InChI is InChI=1S/C9H17F2N3/c1-5(2)4-13-9(12)14-7-3-6(7)8(10)11/h5-8H,3-4H2,1-2H3,(H3,12,13,14)/t6-,7-/m0/s1. The lowest BCUT2D eigenvalue weighted by Gasteiger charge is -2.05. The molecule has 0 saturated heterocycles. The number of aliphatic imine (C=N–C) groups is 1. The Morgan fingerprint density at radius 1 is 1.57 bits per heavy atom. The van der Waals surface area contributed by atoms with E-state index >= 15 is 0 Å². The van der Waals surface area contributed by atoms with Crippen molar-refractivity contribution in [3.8, 4) is 0 Å². The molecule has 1 rings (SSSR count). The van der Waals surface area contributed by atoms with Crippen molar-refractivity contribution in [3.63, 3.8) is 0 Å². The van der Waals surface area contributed by atoms with E-state index in [0.29, 0.717) is 18.9 Å². The van der Waals surface area contributed by atoms with Crippen LogP contribution in [0.15, 0.2) is 4.99 Å². The molecule has 0 bridgehead atoms. The van der Waals surface area contributed by atoms with Gasteiger partial charge in [-0.3, -0.25) is 4.99 Å². The van der Waals surface area contributed by atoms with Gasteiger partial charge in [0.05, 0.1) is 0 Å². The van der Waals surface area contributed by atoms with Crippen molar-refractivity contribution in [3.05, 3.63) is 0 Å². The average Bonchev–Trinajstić information content (AvgIpc) is 2.80. The Morgan fingerprint density at radius 3 is 2.64 bits per heavy atom. The second kappa shape index (κ2) is 4.57. The van der Waals surface area contributed by atoms with Crippen molar-refractivity contribution in [2.45, 2.75) is 32.7 Å². The van der Waals surface area contributed by atoms with Gasteiger partial charge in [0.1, 0.15) is 0 Å². The van der Waals surface area contributed by atoms with Crippen LogP contribution in [0.4, 0.5) is 8.78 Å². The van der Waals surface area contributed by atoms with Crippen molar-refractivity contribution in [1.29, 1.82) is 0 Å². The van der Waals surface area contributed by atoms with E-state index in [4.69, 9.17) is 5.73 Å². The smallest absolute Gasteiger partial charge is 0.243 e. The minimum atomic E-state index is -2.25. The lowest BCUT2D eigenvalue weighted by atomic mass is 10.2. The van der Waals surface area contributed by atoms with Gasteiger partial charge in [-0.05, 0) is 12.3 Å². The van der Waals surface area contributed by atoms with Crippen LogP contribution in [0, 0.1) is 11.8 Å². The first-order valence-corrected chi connectivity index (χ1v) is 4.85. The van der Waals surface area contributed by atoms with Gasteiger partial charge in [0.2, 0.25) is 6.43 Å². The third kappa shape index (κ3) is 3.47. The Kier molecular flexibility index (Phi) is 3.66. The van der Waals surface area contributed by atoms with Crippen LogP contribution in [0.5, 0.6) is 0 Å². The monoisotopic (exact) mass is 205 g/mol. The van der Waals surface area contributed by atoms with E-state index in [2.05, 4.69) is 10.3 Å². The molecule has 5 heteroatoms. The number of nitrogens with zero attached hydrogens (tertiary/aromatic N) is 1. The molecular formula is C9H17F2N3. The summed E-state index contributed by atoms with van der Waals surface area (Å²) in [6, 6.07) is -0.175. The fourth-order valence-electron chi connectivity index (χ4n) is 1.18. The molecule has 0 radical (unpaired) electrons. The fourth-order valence-corrected chi connectivity index (χ4v) is 1.18. The molecular weight excluding hydrogens is 188 g/mol. The van der Waals surface area contributed by atoms with Gasteiger partial charge in [-0.2, -0.15) is 0 Å². The minimum Gasteiger partial charge on any atom is -0.370 e. The predicted molar refractivity (Wildman–Crippen MR) is 52.4 cm³/mol. The van der Waals surface area contributed by atoms with Gasteiger partial charge in [-0.15, -0.1) is 0 Å². The van der Waals surface area contributed by atoms with E-state index in [-0.39, 0.29) is 12.0 Å². The molecule has 0 heterocycles. The zero-order valence-electron chi connectivity index (χ0n) is 8.50. The normalized spacial score (nSPS) is 27.1. The first kappa shape index (κ1) is 11.2. The number of hydrogen-bond donors (Lipinski definition) is 2. The lowest BCUT2D eigenvalue weighted by molar-refractivity contribution is 0.119. The van der Waals surface area contributed by atoms with Crippen molar-refractivity contribution in [2.24, 2.45) is 22.6 Å². The quantitative estimate of drug-likeness (QED) is 0.535. The maximum atomic E-state index is 12.1. The van der Waals surface area contributed by atoms with Crippen LogP contribution >= 0.6 is 0 Å². The molecule has 0 spiro atoms. The molecule has 0 amide bonds. The van der Waals surface area contributed by atoms with Gasteiger partial charge in [0.25, 0.3) is 0 Å². The highest BCUT2D eigenvalue weighted by Gasteiger charge is 2.44. The molecule has 1 fully saturated rings. The van der Waals surface area contributed by atoms with Crippen LogP contribution in [-0.4, -0.2) is 25.0 Å². The minimum absolute atomic E-state index is 0.175. The Hall–Kier alpha value is -0.870. The zero-order valence-corrected chi connectivity index (χ0v) is 8.50. The number of nitrogens with two attached hydrogens (primary N) is 1. The molecule has 1 saturated carbocycles. The Bertz CT molecular complexity index is 216. The molecule has 0 aliphatic heterocycles. The third-order valence-corrected chi connectivity index (χ3v) is 2.12. The fraction of sp³-hybridized carbons (Fsp3) is 0.889. The number of hydrogen-bond acceptors (Lipinski definition) is 1. The summed E-state index contributed by atoms with van der Waals surface area (Å²) in [7, 11) is 0. The molecule has 82 valence electrons. The summed E-state index contributed by atoms with van der Waals surface area (Å²) in [6.45, 7) is 4.68. The van der Waals surface area contributed by atoms with E-state index in [1.165, 1.54) is 0 Å². The highest BCUT2D eigenvalue weighted by atomic mass is 19.3. The number of halogens is 2. The van der Waals surface area contributed by atoms with E-state index in [9.17, 15) is 8.78 Å². The Morgan fingerprint density at radius 2 is 2.21 bits per heavy atom. The number of rotatable bonds is 4. The molecule has 0 aromatic rings. The van der Waals surface area contributed by atoms with Gasteiger partial charge in [-0.25, -0.2) is 8.78 Å². The summed E-state index contributed by atoms with van der Waals surface area (Å²) in [4.78, 5) is 4.04. The molecule has 2 atom stereocenters. The highest BCUT2D eigenvalue weighted by molar-refractivity contribution is 5.78. The summed E-state index contributed by atoms with van der Waals surface area (Å²) < 4.78 is 24.2. The molecule has 0 aromatic carbocycles. The van der Waals surface area contributed by atoms with E-state index in [0.717, 1.165) is 0 Å². The largest absolute Gasteiger partial charge is 0.370 e. The van der Waals surface area contributed by atoms with E-state index in [1.807, 2.05) is 13.8 Å². The second-order valence-electron chi connectivity index (χ2n) is 4.10. The Balaban J connectivity index is 2.22. The van der Waals surface area contributed by atoms with E-state index in [1.54, 1.807) is 0 Å². The molecule has 14 heavy (non-hydrogen) atoms. The molecule has 0 unspecified atom stereocenters. The van der Waals surface area contributed by atoms with Crippen LogP contribution in [0.3, 0.4) is 0 Å². The maximum Gasteiger partial charge on any atom is 0.243 e. The lowest BCUT2D eigenvalue weighted by Crippen LogP contribution is -2.35. The molecule has 1 aliphatic carbocycles. The van der Waals surface area contributed by atoms with Crippen molar-refractivity contribution >= 4 is 5.96 Å². The second-order valence-corrected chi connectivity index (χ2v) is 4.10. The summed E-state index contributed by atoms with van der Waals surface area (Å²) in [5, 5.41) is 2.79. The van der Waals surface area contributed by atoms with Crippen molar-refractivity contribution in [2.75, 3.05) is 6.54 Å². The molecule has 0 aromatic heterocycles.